The van der Waals surface area contributed by atoms with Gasteiger partial charge in [-0.05, 0) is 69.3 Å². The van der Waals surface area contributed by atoms with Crippen molar-refractivity contribution in [2.75, 3.05) is 44.6 Å². The Morgan fingerprint density at radius 2 is 1.57 bits per heavy atom. The summed E-state index contributed by atoms with van der Waals surface area (Å²) in [6.45, 7) is 4.53. The van der Waals surface area contributed by atoms with Gasteiger partial charge >= 0.3 is 11.9 Å². The number of fused-ring (bicyclic) bond motifs is 1. The number of likely N-dealkylation sites (tertiary alicyclic amines) is 3. The highest BCUT2D eigenvalue weighted by Crippen LogP contribution is 2.28. The molecule has 1 aromatic carbocycles. The van der Waals surface area contributed by atoms with Gasteiger partial charge in [0.1, 0.15) is 11.0 Å². The lowest BCUT2D eigenvalue weighted by Gasteiger charge is -2.41. The molecule has 3 fully saturated rings. The first-order valence-electron chi connectivity index (χ1n) is 16.3. The molecule has 2 N–H and O–H groups in total. The summed E-state index contributed by atoms with van der Waals surface area (Å²) < 4.78 is 5.06. The van der Waals surface area contributed by atoms with Crippen LogP contribution < -0.4 is 10.6 Å². The summed E-state index contributed by atoms with van der Waals surface area (Å²) in [5, 5.41) is 16.7. The summed E-state index contributed by atoms with van der Waals surface area (Å²) in [6.07, 6.45) is 6.22. The lowest BCUT2D eigenvalue weighted by Crippen LogP contribution is -2.55. The van der Waals surface area contributed by atoms with Crippen LogP contribution in [0.25, 0.3) is 0 Å². The zero-order valence-corrected chi connectivity index (χ0v) is 25.9. The number of piperidine rings is 3. The summed E-state index contributed by atoms with van der Waals surface area (Å²) in [7, 11) is 0. The van der Waals surface area contributed by atoms with Gasteiger partial charge in [0.25, 0.3) is 5.91 Å². The summed E-state index contributed by atoms with van der Waals surface area (Å²) >= 11 is 0. The van der Waals surface area contributed by atoms with Crippen LogP contribution in [0.5, 0.6) is 0 Å². The van der Waals surface area contributed by atoms with Gasteiger partial charge in [0.15, 0.2) is 5.76 Å². The van der Waals surface area contributed by atoms with Gasteiger partial charge < -0.3 is 34.7 Å². The van der Waals surface area contributed by atoms with E-state index in [0.29, 0.717) is 51.6 Å². The Labute approximate surface area is 274 Å². The molecule has 0 spiro atoms. The Hall–Kier alpha value is -4.46. The zero-order chi connectivity index (χ0) is 32.2. The molecule has 14 nitrogen and oxygen atoms in total. The molecule has 5 heterocycles. The predicted octanol–water partition coefficient (Wildman–Crippen LogP) is 3.83. The van der Waals surface area contributed by atoms with Crippen LogP contribution in [0.4, 0.5) is 16.4 Å². The van der Waals surface area contributed by atoms with Crippen LogP contribution in [0.1, 0.15) is 74.9 Å². The van der Waals surface area contributed by atoms with Gasteiger partial charge in [-0.1, -0.05) is 32.0 Å². The van der Waals surface area contributed by atoms with Crippen LogP contribution in [0.2, 0.25) is 0 Å². The molecule has 1 atom stereocenters. The number of nitrogens with one attached hydrogen (secondary N) is 2. The third kappa shape index (κ3) is 7.75. The molecule has 3 saturated heterocycles. The van der Waals surface area contributed by atoms with E-state index in [2.05, 4.69) is 15.5 Å². The zero-order valence-electron chi connectivity index (χ0n) is 25.9. The van der Waals surface area contributed by atoms with Crippen LogP contribution in [-0.4, -0.2) is 106 Å². The first kappa shape index (κ1) is 33.9. The van der Waals surface area contributed by atoms with Crippen molar-refractivity contribution in [2.24, 2.45) is 0 Å². The van der Waals surface area contributed by atoms with Gasteiger partial charge in [-0.2, -0.15) is 0 Å². The maximum Gasteiger partial charge on any atom is 0.433 e. The van der Waals surface area contributed by atoms with Crippen LogP contribution >= 0.6 is 0 Å². The second-order valence-electron chi connectivity index (χ2n) is 12.6. The van der Waals surface area contributed by atoms with Crippen LogP contribution in [0.15, 0.2) is 40.8 Å². The number of para-hydroxylation sites is 1. The monoisotopic (exact) mass is 651 g/mol. The fraction of sp³-hybridized carbons (Fsp3) is 0.576. The summed E-state index contributed by atoms with van der Waals surface area (Å²) in [5.74, 6) is -2.31. The summed E-state index contributed by atoms with van der Waals surface area (Å²) in [6, 6.07) is 9.03. The average Bonchev–Trinajstić information content (AvgIpc) is 3.59. The molecule has 1 aromatic heterocycles. The van der Waals surface area contributed by atoms with E-state index in [1.807, 2.05) is 29.2 Å². The molecule has 254 valence electrons. The van der Waals surface area contributed by atoms with E-state index in [1.54, 1.807) is 9.80 Å². The highest BCUT2D eigenvalue weighted by molar-refractivity contribution is 5.97. The average molecular weight is 652 g/mol. The molecule has 14 heteroatoms. The number of anilines is 1. The van der Waals surface area contributed by atoms with Gasteiger partial charge in [-0.15, -0.1) is 0 Å². The number of carbonyl (C=O) groups excluding carboxylic acids is 4. The molecule has 0 saturated carbocycles. The number of nitro groups is 1. The van der Waals surface area contributed by atoms with Gasteiger partial charge in [-0.25, -0.2) is 4.79 Å². The Kier molecular flexibility index (Phi) is 10.8. The van der Waals surface area contributed by atoms with E-state index in [0.717, 1.165) is 43.2 Å². The largest absolute Gasteiger partial charge is 0.433 e. The van der Waals surface area contributed by atoms with Crippen molar-refractivity contribution >= 4 is 35.3 Å². The van der Waals surface area contributed by atoms with E-state index >= 15 is 0 Å². The second-order valence-corrected chi connectivity index (χ2v) is 12.6. The van der Waals surface area contributed by atoms with Crippen molar-refractivity contribution in [2.45, 2.75) is 83.5 Å². The minimum atomic E-state index is -1.15. The fourth-order valence-corrected chi connectivity index (χ4v) is 7.18. The fourth-order valence-electron chi connectivity index (χ4n) is 7.18. The number of nitrogens with zero attached hydrogens (tertiary/aromatic N) is 5. The highest BCUT2D eigenvalue weighted by atomic mass is 16.6. The number of hydrogen-bond acceptors (Lipinski definition) is 8. The van der Waals surface area contributed by atoms with Crippen LogP contribution in [-0.2, 0) is 16.1 Å². The summed E-state index contributed by atoms with van der Waals surface area (Å²) in [5.41, 5.74) is 1.86. The SMILES string of the molecule is C.O=C(N[C@@H](CC(=O)N1CCC(N2Cc3ccccc3NC2=O)CC1)C(=O)N1CCC(N2CCCCC2)CC1)c1ccc([N+](=O)[O-])o1. The molecule has 4 aliphatic heterocycles. The van der Waals surface area contributed by atoms with Crippen LogP contribution in [0, 0.1) is 10.1 Å². The quantitative estimate of drug-likeness (QED) is 0.322. The molecule has 0 aliphatic carbocycles. The van der Waals surface area contributed by atoms with Crippen LogP contribution in [0.3, 0.4) is 0 Å². The van der Waals surface area contributed by atoms with Gasteiger partial charge in [-0.3, -0.25) is 24.5 Å². The third-order valence-electron chi connectivity index (χ3n) is 9.78. The van der Waals surface area contributed by atoms with Gasteiger partial charge in [0, 0.05) is 50.5 Å². The van der Waals surface area contributed by atoms with Crippen molar-refractivity contribution in [3.63, 3.8) is 0 Å². The molecule has 4 aliphatic rings. The van der Waals surface area contributed by atoms with Crippen molar-refractivity contribution in [1.82, 2.24) is 24.9 Å². The van der Waals surface area contributed by atoms with E-state index in [4.69, 9.17) is 4.42 Å². The molecule has 5 amide bonds. The maximum atomic E-state index is 13.8. The number of furan rings is 1. The van der Waals surface area contributed by atoms with E-state index < -0.39 is 22.8 Å². The van der Waals surface area contributed by atoms with E-state index in [9.17, 15) is 29.3 Å². The molecule has 0 unspecified atom stereocenters. The Morgan fingerprint density at radius 1 is 0.915 bits per heavy atom. The first-order valence-corrected chi connectivity index (χ1v) is 16.3. The predicted molar refractivity (Wildman–Crippen MR) is 174 cm³/mol. The highest BCUT2D eigenvalue weighted by Gasteiger charge is 2.37. The second kappa shape index (κ2) is 15.0. The lowest BCUT2D eigenvalue weighted by molar-refractivity contribution is -0.402. The number of benzene rings is 1. The molecule has 0 radical (unpaired) electrons. The van der Waals surface area contributed by atoms with E-state index in [-0.39, 0.29) is 43.5 Å². The number of urea groups is 1. The molecule has 0 bridgehead atoms. The Bertz CT molecular complexity index is 1460. The molecule has 2 aromatic rings. The lowest BCUT2D eigenvalue weighted by atomic mass is 9.98. The number of hydrogen-bond donors (Lipinski definition) is 2. The molecule has 6 rings (SSSR count). The minimum absolute atomic E-state index is 0. The Morgan fingerprint density at radius 3 is 2.26 bits per heavy atom. The van der Waals surface area contributed by atoms with Crippen molar-refractivity contribution in [3.05, 3.63) is 57.8 Å². The normalized spacial score (nSPS) is 20.1. The standard InChI is InChI=1S/C32H41N7O7.CH4/c40-28(36-16-12-24(13-17-36)38-21-22-6-2-3-7-25(22)34-32(38)43)20-26(33-30(41)27-8-9-29(46-27)39(44)45)31(42)37-18-10-23(11-19-37)35-14-4-1-5-15-35;/h2-3,6-9,23-24,26H,1,4-5,10-21H2,(H,33,41)(H,34,43);1H4/t26-;/m0./s1. The summed E-state index contributed by atoms with van der Waals surface area (Å²) in [4.78, 5) is 71.3. The van der Waals surface area contributed by atoms with Gasteiger partial charge in [0.05, 0.1) is 12.5 Å². The molecule has 47 heavy (non-hydrogen) atoms. The van der Waals surface area contributed by atoms with Crippen molar-refractivity contribution in [3.8, 4) is 0 Å². The van der Waals surface area contributed by atoms with E-state index in [1.165, 1.54) is 25.3 Å². The minimum Gasteiger partial charge on any atom is -0.395 e. The molecular formula is C33H45N7O7. The maximum absolute atomic E-state index is 13.8. The van der Waals surface area contributed by atoms with Crippen molar-refractivity contribution < 1.29 is 28.5 Å². The third-order valence-corrected chi connectivity index (χ3v) is 9.78. The smallest absolute Gasteiger partial charge is 0.395 e. The first-order chi connectivity index (χ1) is 22.3. The molecular weight excluding hydrogens is 606 g/mol. The Balaban J connectivity index is 0.00000433. The number of carbonyl (C=O) groups is 4. The number of amides is 5. The topological polar surface area (TPSA) is 162 Å². The van der Waals surface area contributed by atoms with Gasteiger partial charge in [0.2, 0.25) is 11.8 Å². The van der Waals surface area contributed by atoms with Crippen molar-refractivity contribution in [1.29, 1.82) is 0 Å². The number of rotatable bonds is 8.